The van der Waals surface area contributed by atoms with E-state index < -0.39 is 44.5 Å². The van der Waals surface area contributed by atoms with Gasteiger partial charge >= 0.3 is 11.9 Å². The molecule has 0 unspecified atom stereocenters. The van der Waals surface area contributed by atoms with Crippen LogP contribution in [0.5, 0.6) is 0 Å². The predicted molar refractivity (Wildman–Crippen MR) is 112 cm³/mol. The summed E-state index contributed by atoms with van der Waals surface area (Å²) in [6, 6.07) is 10.8. The number of nitro groups is 2. The van der Waals surface area contributed by atoms with E-state index in [0.29, 0.717) is 0 Å². The van der Waals surface area contributed by atoms with Gasteiger partial charge in [-0.05, 0) is 19.9 Å². The molecule has 0 radical (unpaired) electrons. The normalized spacial score (nSPS) is 14.5. The molecule has 0 atom stereocenters. The van der Waals surface area contributed by atoms with Crippen molar-refractivity contribution in [2.75, 3.05) is 4.90 Å². The SMILES string of the molecule is CC1=C(C(=O)O)C(c2ccccc2[N+](=O)[O-])C(C(=O)O)=C(C)N1c1ccccc1[N+](=O)[O-]. The standard InChI is InChI=1S/C21H17N3O8/c1-11-17(20(25)26)19(13-7-3-4-8-14(13)23(29)30)18(21(27)28)12(2)22(11)15-9-5-6-10-16(15)24(31)32/h3-10,19H,1-2H3,(H,25,26)(H,27,28). The number of anilines is 1. The highest BCUT2D eigenvalue weighted by atomic mass is 16.6. The molecule has 1 aliphatic heterocycles. The average molecular weight is 439 g/mol. The Bertz CT molecular complexity index is 1190. The fourth-order valence-electron chi connectivity index (χ4n) is 3.99. The number of allylic oxidation sites excluding steroid dienone is 2. The van der Waals surface area contributed by atoms with Crippen molar-refractivity contribution in [1.82, 2.24) is 0 Å². The summed E-state index contributed by atoms with van der Waals surface area (Å²) in [5.41, 5.74) is -1.76. The molecule has 164 valence electrons. The van der Waals surface area contributed by atoms with Gasteiger partial charge in [-0.1, -0.05) is 30.3 Å². The van der Waals surface area contributed by atoms with Gasteiger partial charge in [0.05, 0.1) is 26.9 Å². The second-order valence-corrected chi connectivity index (χ2v) is 6.94. The Morgan fingerprint density at radius 3 is 1.72 bits per heavy atom. The minimum absolute atomic E-state index is 0.0115. The van der Waals surface area contributed by atoms with Gasteiger partial charge < -0.3 is 15.1 Å². The maximum Gasteiger partial charge on any atom is 0.334 e. The zero-order valence-electron chi connectivity index (χ0n) is 16.9. The van der Waals surface area contributed by atoms with Crippen LogP contribution in [0.25, 0.3) is 0 Å². The van der Waals surface area contributed by atoms with Gasteiger partial charge in [0.2, 0.25) is 0 Å². The lowest BCUT2D eigenvalue weighted by atomic mass is 9.79. The quantitative estimate of drug-likeness (QED) is 0.503. The molecule has 0 saturated carbocycles. The van der Waals surface area contributed by atoms with Crippen LogP contribution in [0.4, 0.5) is 17.1 Å². The second kappa shape index (κ2) is 8.30. The van der Waals surface area contributed by atoms with Gasteiger partial charge in [0.25, 0.3) is 11.4 Å². The first-order valence-electron chi connectivity index (χ1n) is 9.22. The van der Waals surface area contributed by atoms with Crippen LogP contribution in [0.3, 0.4) is 0 Å². The van der Waals surface area contributed by atoms with Crippen molar-refractivity contribution < 1.29 is 29.6 Å². The molecule has 1 aliphatic rings. The highest BCUT2D eigenvalue weighted by Gasteiger charge is 2.43. The summed E-state index contributed by atoms with van der Waals surface area (Å²) >= 11 is 0. The molecular formula is C21H17N3O8. The molecule has 1 heterocycles. The number of hydrogen-bond donors (Lipinski definition) is 2. The van der Waals surface area contributed by atoms with Crippen LogP contribution in [0.15, 0.2) is 71.1 Å². The maximum absolute atomic E-state index is 12.3. The Balaban J connectivity index is 2.42. The van der Waals surface area contributed by atoms with E-state index in [9.17, 15) is 40.0 Å². The first-order valence-corrected chi connectivity index (χ1v) is 9.22. The number of carboxylic acid groups (broad SMARTS) is 2. The zero-order valence-corrected chi connectivity index (χ0v) is 16.9. The average Bonchev–Trinajstić information content (AvgIpc) is 2.72. The van der Waals surface area contributed by atoms with Crippen LogP contribution >= 0.6 is 0 Å². The van der Waals surface area contributed by atoms with E-state index >= 15 is 0 Å². The maximum atomic E-state index is 12.3. The van der Waals surface area contributed by atoms with Crippen molar-refractivity contribution in [2.24, 2.45) is 0 Å². The van der Waals surface area contributed by atoms with Crippen molar-refractivity contribution in [1.29, 1.82) is 0 Å². The van der Waals surface area contributed by atoms with Gasteiger partial charge in [-0.2, -0.15) is 0 Å². The van der Waals surface area contributed by atoms with Crippen molar-refractivity contribution in [2.45, 2.75) is 19.8 Å². The van der Waals surface area contributed by atoms with E-state index in [0.717, 1.165) is 6.07 Å². The molecule has 11 nitrogen and oxygen atoms in total. The van der Waals surface area contributed by atoms with Crippen LogP contribution in [0.2, 0.25) is 0 Å². The van der Waals surface area contributed by atoms with Gasteiger partial charge in [-0.3, -0.25) is 20.2 Å². The Kier molecular flexibility index (Phi) is 5.75. The minimum atomic E-state index is -1.50. The summed E-state index contributed by atoms with van der Waals surface area (Å²) in [7, 11) is 0. The predicted octanol–water partition coefficient (Wildman–Crippen LogP) is 3.82. The number of hydrogen-bond acceptors (Lipinski definition) is 7. The van der Waals surface area contributed by atoms with E-state index in [4.69, 9.17) is 0 Å². The summed E-state index contributed by atoms with van der Waals surface area (Å²) in [4.78, 5) is 47.5. The third kappa shape index (κ3) is 3.55. The van der Waals surface area contributed by atoms with Crippen LogP contribution in [0.1, 0.15) is 25.3 Å². The lowest BCUT2D eigenvalue weighted by Crippen LogP contribution is -2.34. The molecule has 0 saturated heterocycles. The molecule has 2 aromatic carbocycles. The van der Waals surface area contributed by atoms with Gasteiger partial charge in [0, 0.05) is 29.1 Å². The van der Waals surface area contributed by atoms with Gasteiger partial charge in [-0.15, -0.1) is 0 Å². The first-order chi connectivity index (χ1) is 15.1. The van der Waals surface area contributed by atoms with Gasteiger partial charge in [0.15, 0.2) is 0 Å². The molecule has 0 aromatic heterocycles. The number of nitro benzene ring substituents is 2. The van der Waals surface area contributed by atoms with Gasteiger partial charge in [-0.25, -0.2) is 9.59 Å². The number of carbonyl (C=O) groups is 2. The van der Waals surface area contributed by atoms with E-state index in [2.05, 4.69) is 0 Å². The first kappa shape index (κ1) is 22.2. The zero-order chi connectivity index (χ0) is 23.7. The summed E-state index contributed by atoms with van der Waals surface area (Å²) in [6.07, 6.45) is 0. The molecule has 2 aromatic rings. The van der Waals surface area contributed by atoms with Crippen molar-refractivity contribution in [3.63, 3.8) is 0 Å². The molecule has 2 N–H and O–H groups in total. The highest BCUT2D eigenvalue weighted by molar-refractivity contribution is 6.01. The number of para-hydroxylation sites is 3. The number of nitrogens with zero attached hydrogens (tertiary/aromatic N) is 3. The molecule has 3 rings (SSSR count). The van der Waals surface area contributed by atoms with Gasteiger partial charge in [0.1, 0.15) is 5.69 Å². The third-order valence-corrected chi connectivity index (χ3v) is 5.25. The Hall–Kier alpha value is -4.54. The summed E-state index contributed by atoms with van der Waals surface area (Å²) in [6.45, 7) is 2.76. The fraction of sp³-hybridized carbons (Fsp3) is 0.143. The molecule has 0 bridgehead atoms. The highest BCUT2D eigenvalue weighted by Crippen LogP contribution is 2.47. The number of benzene rings is 2. The monoisotopic (exact) mass is 439 g/mol. The number of aliphatic carboxylic acids is 2. The largest absolute Gasteiger partial charge is 0.478 e. The Morgan fingerprint density at radius 2 is 1.25 bits per heavy atom. The smallest absolute Gasteiger partial charge is 0.334 e. The molecular weight excluding hydrogens is 422 g/mol. The lowest BCUT2D eigenvalue weighted by Gasteiger charge is -2.36. The van der Waals surface area contributed by atoms with Crippen molar-refractivity contribution in [3.8, 4) is 0 Å². The van der Waals surface area contributed by atoms with E-state index in [-0.39, 0.29) is 28.3 Å². The number of rotatable bonds is 6. The van der Waals surface area contributed by atoms with E-state index in [1.165, 1.54) is 61.2 Å². The summed E-state index contributed by atoms with van der Waals surface area (Å²) < 4.78 is 0. The van der Waals surface area contributed by atoms with Crippen LogP contribution in [-0.2, 0) is 9.59 Å². The number of carboxylic acids is 2. The minimum Gasteiger partial charge on any atom is -0.478 e. The van der Waals surface area contributed by atoms with Crippen LogP contribution < -0.4 is 4.90 Å². The van der Waals surface area contributed by atoms with Crippen molar-refractivity contribution >= 4 is 29.0 Å². The van der Waals surface area contributed by atoms with E-state index in [1.54, 1.807) is 0 Å². The van der Waals surface area contributed by atoms with Crippen molar-refractivity contribution in [3.05, 3.63) is 96.9 Å². The molecule has 32 heavy (non-hydrogen) atoms. The lowest BCUT2D eigenvalue weighted by molar-refractivity contribution is -0.385. The summed E-state index contributed by atoms with van der Waals surface area (Å²) in [5.74, 6) is -4.47. The molecule has 0 fully saturated rings. The Morgan fingerprint density at radius 1 is 0.812 bits per heavy atom. The fourth-order valence-corrected chi connectivity index (χ4v) is 3.99. The molecule has 11 heteroatoms. The molecule has 0 amide bonds. The van der Waals surface area contributed by atoms with Crippen LogP contribution in [-0.4, -0.2) is 32.0 Å². The summed E-state index contributed by atoms with van der Waals surface area (Å²) in [5, 5.41) is 43.1. The Labute approximate surface area is 180 Å². The third-order valence-electron chi connectivity index (χ3n) is 5.25. The topological polar surface area (TPSA) is 164 Å². The van der Waals surface area contributed by atoms with Crippen LogP contribution in [0, 0.1) is 20.2 Å². The molecule has 0 spiro atoms. The second-order valence-electron chi connectivity index (χ2n) is 6.94. The van der Waals surface area contributed by atoms with E-state index in [1.807, 2.05) is 0 Å². The molecule has 0 aliphatic carbocycles.